The molecule has 1 rings (SSSR count). The molecule has 0 radical (unpaired) electrons. The number of carbonyl (C=O) groups is 2. The van der Waals surface area contributed by atoms with Crippen LogP contribution in [0, 0.1) is 5.92 Å². The van der Waals surface area contributed by atoms with Gasteiger partial charge in [-0.15, -0.1) is 6.58 Å². The lowest BCUT2D eigenvalue weighted by Gasteiger charge is -2.27. The molecule has 0 saturated carbocycles. The maximum Gasteiger partial charge on any atom is 0.411 e. The van der Waals surface area contributed by atoms with Gasteiger partial charge in [-0.3, -0.25) is 4.90 Å². The Labute approximate surface area is 120 Å². The molecule has 1 heterocycles. The topological polar surface area (TPSA) is 55.8 Å². The summed E-state index contributed by atoms with van der Waals surface area (Å²) >= 11 is 0. The average Bonchev–Trinajstić information content (AvgIpc) is 2.72. The smallest absolute Gasteiger partial charge is 0.411 e. The number of allylic oxidation sites excluding steroid dienone is 1. The fraction of sp³-hybridized carbons (Fsp3) is 0.733. The summed E-state index contributed by atoms with van der Waals surface area (Å²) in [6.07, 6.45) is 2.73. The highest BCUT2D eigenvalue weighted by Crippen LogP contribution is 2.28. The van der Waals surface area contributed by atoms with Crippen molar-refractivity contribution in [2.24, 2.45) is 5.92 Å². The van der Waals surface area contributed by atoms with Crippen molar-refractivity contribution in [1.82, 2.24) is 4.90 Å². The van der Waals surface area contributed by atoms with Crippen LogP contribution in [0.25, 0.3) is 0 Å². The van der Waals surface area contributed by atoms with E-state index in [1.807, 2.05) is 26.8 Å². The van der Waals surface area contributed by atoms with E-state index in [1.54, 1.807) is 6.92 Å². The van der Waals surface area contributed by atoms with Gasteiger partial charge in [-0.05, 0) is 46.5 Å². The Hall–Kier alpha value is -1.52. The molecule has 0 aromatic carbocycles. The minimum Gasteiger partial charge on any atom is -0.464 e. The molecule has 0 spiro atoms. The SMILES string of the molecule is C=CC[C@@H]1C[C@@H](C(=O)OCC)N(C(=O)OC(C)(C)C)C1. The van der Waals surface area contributed by atoms with E-state index in [9.17, 15) is 9.59 Å². The number of hydrogen-bond acceptors (Lipinski definition) is 4. The molecule has 0 unspecified atom stereocenters. The van der Waals surface area contributed by atoms with Gasteiger partial charge >= 0.3 is 12.1 Å². The highest BCUT2D eigenvalue weighted by molar-refractivity contribution is 5.82. The van der Waals surface area contributed by atoms with E-state index in [0.717, 1.165) is 6.42 Å². The molecule has 114 valence electrons. The van der Waals surface area contributed by atoms with Crippen molar-refractivity contribution >= 4 is 12.1 Å². The van der Waals surface area contributed by atoms with Crippen molar-refractivity contribution < 1.29 is 19.1 Å². The molecule has 20 heavy (non-hydrogen) atoms. The van der Waals surface area contributed by atoms with Crippen LogP contribution in [-0.4, -0.2) is 41.8 Å². The summed E-state index contributed by atoms with van der Waals surface area (Å²) in [5, 5.41) is 0. The van der Waals surface area contributed by atoms with E-state index in [0.29, 0.717) is 19.6 Å². The molecule has 1 aliphatic heterocycles. The molecule has 0 aromatic rings. The summed E-state index contributed by atoms with van der Waals surface area (Å²) in [7, 11) is 0. The summed E-state index contributed by atoms with van der Waals surface area (Å²) < 4.78 is 10.4. The lowest BCUT2D eigenvalue weighted by atomic mass is 10.0. The Morgan fingerprint density at radius 3 is 2.55 bits per heavy atom. The minimum atomic E-state index is -0.577. The van der Waals surface area contributed by atoms with Gasteiger partial charge in [-0.1, -0.05) is 6.08 Å². The summed E-state index contributed by atoms with van der Waals surface area (Å²) in [6, 6.07) is -0.547. The largest absolute Gasteiger partial charge is 0.464 e. The van der Waals surface area contributed by atoms with Crippen LogP contribution in [0.4, 0.5) is 4.79 Å². The zero-order valence-electron chi connectivity index (χ0n) is 12.8. The summed E-state index contributed by atoms with van der Waals surface area (Å²) in [5.41, 5.74) is -0.577. The Balaban J connectivity index is 2.79. The Morgan fingerprint density at radius 2 is 2.05 bits per heavy atom. The number of likely N-dealkylation sites (tertiary alicyclic amines) is 1. The van der Waals surface area contributed by atoms with Crippen LogP contribution in [0.2, 0.25) is 0 Å². The second kappa shape index (κ2) is 6.77. The summed E-state index contributed by atoms with van der Waals surface area (Å²) in [6.45, 7) is 11.7. The van der Waals surface area contributed by atoms with E-state index in [1.165, 1.54) is 4.90 Å². The lowest BCUT2D eigenvalue weighted by molar-refractivity contribution is -0.148. The quantitative estimate of drug-likeness (QED) is 0.588. The predicted octanol–water partition coefficient (Wildman–Crippen LogP) is 2.75. The van der Waals surface area contributed by atoms with Gasteiger partial charge in [-0.25, -0.2) is 9.59 Å². The van der Waals surface area contributed by atoms with Crippen molar-refractivity contribution in [3.63, 3.8) is 0 Å². The number of carbonyl (C=O) groups excluding carboxylic acids is 2. The monoisotopic (exact) mass is 283 g/mol. The van der Waals surface area contributed by atoms with Crippen molar-refractivity contribution in [2.45, 2.75) is 52.2 Å². The molecule has 1 amide bonds. The van der Waals surface area contributed by atoms with Gasteiger partial charge in [0.05, 0.1) is 6.61 Å². The van der Waals surface area contributed by atoms with Crippen molar-refractivity contribution in [3.05, 3.63) is 12.7 Å². The molecular weight excluding hydrogens is 258 g/mol. The van der Waals surface area contributed by atoms with Gasteiger partial charge in [0.2, 0.25) is 0 Å². The van der Waals surface area contributed by atoms with Crippen molar-refractivity contribution in [2.75, 3.05) is 13.2 Å². The van der Waals surface area contributed by atoms with Gasteiger partial charge in [0.25, 0.3) is 0 Å². The molecule has 5 nitrogen and oxygen atoms in total. The molecule has 1 saturated heterocycles. The van der Waals surface area contributed by atoms with E-state index >= 15 is 0 Å². The Kier molecular flexibility index (Phi) is 5.60. The summed E-state index contributed by atoms with van der Waals surface area (Å²) in [5.74, 6) is -0.126. The van der Waals surface area contributed by atoms with E-state index in [-0.39, 0.29) is 11.9 Å². The van der Waals surface area contributed by atoms with Crippen LogP contribution >= 0.6 is 0 Å². The third-order valence-corrected chi connectivity index (χ3v) is 3.07. The number of ether oxygens (including phenoxy) is 2. The number of rotatable bonds is 4. The Morgan fingerprint density at radius 1 is 1.40 bits per heavy atom. The average molecular weight is 283 g/mol. The van der Waals surface area contributed by atoms with Crippen LogP contribution < -0.4 is 0 Å². The second-order valence-corrected chi connectivity index (χ2v) is 6.03. The lowest BCUT2D eigenvalue weighted by Crippen LogP contribution is -2.44. The van der Waals surface area contributed by atoms with Crippen LogP contribution in [0.1, 0.15) is 40.5 Å². The molecule has 5 heteroatoms. The molecule has 0 bridgehead atoms. The third-order valence-electron chi connectivity index (χ3n) is 3.07. The molecule has 0 aromatic heterocycles. The van der Waals surface area contributed by atoms with Gasteiger partial charge in [0, 0.05) is 6.54 Å². The van der Waals surface area contributed by atoms with Crippen molar-refractivity contribution in [1.29, 1.82) is 0 Å². The molecule has 2 atom stereocenters. The number of amides is 1. The molecular formula is C15H25NO4. The van der Waals surface area contributed by atoms with Gasteiger partial charge in [-0.2, -0.15) is 0 Å². The third kappa shape index (κ3) is 4.54. The number of nitrogens with zero attached hydrogens (tertiary/aromatic N) is 1. The second-order valence-electron chi connectivity index (χ2n) is 6.03. The highest BCUT2D eigenvalue weighted by Gasteiger charge is 2.41. The molecule has 1 aliphatic rings. The first-order chi connectivity index (χ1) is 9.28. The van der Waals surface area contributed by atoms with Gasteiger partial charge in [0.1, 0.15) is 11.6 Å². The van der Waals surface area contributed by atoms with Crippen LogP contribution in [0.5, 0.6) is 0 Å². The first-order valence-electron chi connectivity index (χ1n) is 7.05. The maximum atomic E-state index is 12.2. The standard InChI is InChI=1S/C15H25NO4/c1-6-8-11-9-12(13(17)19-7-2)16(10-11)14(18)20-15(3,4)5/h6,11-12H,1,7-10H2,2-5H3/t11-,12+/m1/s1. The van der Waals surface area contributed by atoms with Gasteiger partial charge < -0.3 is 9.47 Å². The first kappa shape index (κ1) is 16.5. The highest BCUT2D eigenvalue weighted by atomic mass is 16.6. The molecule has 0 N–H and O–H groups in total. The maximum absolute atomic E-state index is 12.2. The van der Waals surface area contributed by atoms with Crippen LogP contribution in [0.15, 0.2) is 12.7 Å². The zero-order valence-corrected chi connectivity index (χ0v) is 12.8. The van der Waals surface area contributed by atoms with E-state index < -0.39 is 17.7 Å². The number of hydrogen-bond donors (Lipinski definition) is 0. The van der Waals surface area contributed by atoms with Gasteiger partial charge in [0.15, 0.2) is 0 Å². The van der Waals surface area contributed by atoms with Crippen molar-refractivity contribution in [3.8, 4) is 0 Å². The van der Waals surface area contributed by atoms with Crippen LogP contribution in [-0.2, 0) is 14.3 Å². The zero-order chi connectivity index (χ0) is 15.3. The van der Waals surface area contributed by atoms with E-state index in [4.69, 9.17) is 9.47 Å². The fourth-order valence-electron chi connectivity index (χ4n) is 2.31. The Bertz CT molecular complexity index is 373. The molecule has 0 aliphatic carbocycles. The molecule has 1 fully saturated rings. The number of esters is 1. The predicted molar refractivity (Wildman–Crippen MR) is 76.3 cm³/mol. The van der Waals surface area contributed by atoms with Crippen LogP contribution in [0.3, 0.4) is 0 Å². The van der Waals surface area contributed by atoms with E-state index in [2.05, 4.69) is 6.58 Å². The first-order valence-corrected chi connectivity index (χ1v) is 7.05. The normalized spacial score (nSPS) is 22.5. The summed E-state index contributed by atoms with van der Waals surface area (Å²) in [4.78, 5) is 25.7. The fourth-order valence-corrected chi connectivity index (χ4v) is 2.31. The minimum absolute atomic E-state index is 0.231.